The zero-order valence-electron chi connectivity index (χ0n) is 13.4. The molecule has 1 aromatic heterocycles. The second kappa shape index (κ2) is 5.64. The minimum atomic E-state index is -0.0507. The molecular formula is C18H25ClN2. The van der Waals surface area contributed by atoms with Crippen molar-refractivity contribution in [1.29, 1.82) is 0 Å². The highest BCUT2D eigenvalue weighted by Gasteiger charge is 2.29. The number of benzene rings is 1. The van der Waals surface area contributed by atoms with Gasteiger partial charge in [0.25, 0.3) is 0 Å². The molecule has 0 radical (unpaired) electrons. The highest BCUT2D eigenvalue weighted by Crippen LogP contribution is 2.40. The molecule has 2 aromatic rings. The SMILES string of the molecule is Cc1ccc2nc(C(C)Cl)n(C3CC(C)CC(C)C3)c2c1. The molecule has 3 rings (SSSR count). The number of hydrogen-bond acceptors (Lipinski definition) is 1. The Balaban J connectivity index is 2.14. The van der Waals surface area contributed by atoms with E-state index in [4.69, 9.17) is 16.6 Å². The number of alkyl halides is 1. The van der Waals surface area contributed by atoms with Crippen LogP contribution < -0.4 is 0 Å². The second-order valence-electron chi connectivity index (χ2n) is 7.02. The number of fused-ring (bicyclic) bond motifs is 1. The van der Waals surface area contributed by atoms with Crippen LogP contribution in [-0.2, 0) is 0 Å². The molecule has 0 spiro atoms. The van der Waals surface area contributed by atoms with Gasteiger partial charge in [0, 0.05) is 6.04 Å². The molecule has 1 fully saturated rings. The van der Waals surface area contributed by atoms with Crippen LogP contribution in [0.5, 0.6) is 0 Å². The monoisotopic (exact) mass is 304 g/mol. The topological polar surface area (TPSA) is 17.8 Å². The molecule has 3 heteroatoms. The maximum Gasteiger partial charge on any atom is 0.127 e. The van der Waals surface area contributed by atoms with Crippen molar-refractivity contribution < 1.29 is 0 Å². The molecular weight excluding hydrogens is 280 g/mol. The molecule has 3 atom stereocenters. The van der Waals surface area contributed by atoms with E-state index >= 15 is 0 Å². The van der Waals surface area contributed by atoms with Crippen molar-refractivity contribution >= 4 is 22.6 Å². The molecule has 1 aromatic carbocycles. The Morgan fingerprint density at radius 2 is 1.86 bits per heavy atom. The van der Waals surface area contributed by atoms with Gasteiger partial charge in [-0.1, -0.05) is 19.9 Å². The Hall–Kier alpha value is -1.02. The standard InChI is InChI=1S/C18H25ClN2/c1-11-5-6-16-17(10-11)21(18(20-16)14(4)19)15-8-12(2)7-13(3)9-15/h5-6,10,12-15H,7-9H2,1-4H3. The van der Waals surface area contributed by atoms with Gasteiger partial charge in [-0.25, -0.2) is 4.98 Å². The van der Waals surface area contributed by atoms with E-state index < -0.39 is 0 Å². The molecule has 1 saturated carbocycles. The predicted octanol–water partition coefficient (Wildman–Crippen LogP) is 5.64. The zero-order valence-corrected chi connectivity index (χ0v) is 14.2. The first-order valence-corrected chi connectivity index (χ1v) is 8.52. The number of nitrogens with zero attached hydrogens (tertiary/aromatic N) is 2. The highest BCUT2D eigenvalue weighted by atomic mass is 35.5. The molecule has 3 unspecified atom stereocenters. The normalized spacial score (nSPS) is 28.0. The minimum Gasteiger partial charge on any atom is -0.324 e. The number of halogens is 1. The first-order chi connectivity index (χ1) is 9.95. The maximum atomic E-state index is 6.43. The molecule has 0 saturated heterocycles. The lowest BCUT2D eigenvalue weighted by molar-refractivity contribution is 0.221. The molecule has 2 nitrogen and oxygen atoms in total. The zero-order chi connectivity index (χ0) is 15.1. The first-order valence-electron chi connectivity index (χ1n) is 8.08. The fraction of sp³-hybridized carbons (Fsp3) is 0.611. The molecule has 21 heavy (non-hydrogen) atoms. The van der Waals surface area contributed by atoms with Crippen molar-refractivity contribution in [3.05, 3.63) is 29.6 Å². The molecule has 1 aliphatic carbocycles. The van der Waals surface area contributed by atoms with Crippen LogP contribution in [0.1, 0.15) is 62.8 Å². The predicted molar refractivity (Wildman–Crippen MR) is 90.0 cm³/mol. The van der Waals surface area contributed by atoms with Crippen molar-refractivity contribution in [1.82, 2.24) is 9.55 Å². The smallest absolute Gasteiger partial charge is 0.127 e. The van der Waals surface area contributed by atoms with Gasteiger partial charge in [-0.05, 0) is 62.6 Å². The molecule has 114 valence electrons. The van der Waals surface area contributed by atoms with Gasteiger partial charge in [-0.15, -0.1) is 11.6 Å². The summed E-state index contributed by atoms with van der Waals surface area (Å²) in [5.41, 5.74) is 3.62. The van der Waals surface area contributed by atoms with E-state index in [0.29, 0.717) is 6.04 Å². The van der Waals surface area contributed by atoms with E-state index in [1.807, 2.05) is 6.92 Å². The van der Waals surface area contributed by atoms with Crippen LogP contribution in [0.4, 0.5) is 0 Å². The quantitative estimate of drug-likeness (QED) is 0.656. The van der Waals surface area contributed by atoms with Crippen molar-refractivity contribution in [2.75, 3.05) is 0 Å². The first kappa shape index (κ1) is 14.9. The number of aryl methyl sites for hydroxylation is 1. The number of rotatable bonds is 2. The van der Waals surface area contributed by atoms with Crippen molar-refractivity contribution in [3.8, 4) is 0 Å². The lowest BCUT2D eigenvalue weighted by Crippen LogP contribution is -2.24. The van der Waals surface area contributed by atoms with E-state index in [-0.39, 0.29) is 5.38 Å². The van der Waals surface area contributed by atoms with Crippen LogP contribution in [0, 0.1) is 18.8 Å². The Bertz CT molecular complexity index is 634. The van der Waals surface area contributed by atoms with Gasteiger partial charge >= 0.3 is 0 Å². The summed E-state index contributed by atoms with van der Waals surface area (Å²) in [6.45, 7) is 8.92. The Morgan fingerprint density at radius 3 is 2.48 bits per heavy atom. The average Bonchev–Trinajstić information content (AvgIpc) is 2.76. The largest absolute Gasteiger partial charge is 0.324 e. The number of imidazole rings is 1. The van der Waals surface area contributed by atoms with E-state index in [2.05, 4.69) is 43.5 Å². The third-order valence-corrected chi connectivity index (χ3v) is 4.94. The van der Waals surface area contributed by atoms with Crippen LogP contribution in [0.3, 0.4) is 0 Å². The summed E-state index contributed by atoms with van der Waals surface area (Å²) in [5.74, 6) is 2.59. The lowest BCUT2D eigenvalue weighted by Gasteiger charge is -2.33. The van der Waals surface area contributed by atoms with Crippen molar-refractivity contribution in [2.24, 2.45) is 11.8 Å². The van der Waals surface area contributed by atoms with E-state index in [1.165, 1.54) is 30.3 Å². The van der Waals surface area contributed by atoms with Crippen LogP contribution in [-0.4, -0.2) is 9.55 Å². The Kier molecular flexibility index (Phi) is 4.00. The van der Waals surface area contributed by atoms with Crippen molar-refractivity contribution in [3.63, 3.8) is 0 Å². The van der Waals surface area contributed by atoms with Gasteiger partial charge < -0.3 is 4.57 Å². The Labute approximate surface area is 132 Å². The minimum absolute atomic E-state index is 0.0507. The maximum absolute atomic E-state index is 6.43. The van der Waals surface area contributed by atoms with Gasteiger partial charge in [-0.3, -0.25) is 0 Å². The summed E-state index contributed by atoms with van der Waals surface area (Å²) in [6.07, 6.45) is 3.81. The second-order valence-corrected chi connectivity index (χ2v) is 7.67. The van der Waals surface area contributed by atoms with E-state index in [0.717, 1.165) is 23.2 Å². The molecule has 0 bridgehead atoms. The number of hydrogen-bond donors (Lipinski definition) is 0. The summed E-state index contributed by atoms with van der Waals surface area (Å²) < 4.78 is 2.44. The molecule has 1 aliphatic rings. The molecule has 0 amide bonds. The molecule has 0 aliphatic heterocycles. The van der Waals surface area contributed by atoms with Crippen LogP contribution in [0.2, 0.25) is 0 Å². The van der Waals surface area contributed by atoms with Crippen molar-refractivity contribution in [2.45, 2.75) is 58.4 Å². The Morgan fingerprint density at radius 1 is 1.19 bits per heavy atom. The lowest BCUT2D eigenvalue weighted by atomic mass is 9.80. The third-order valence-electron chi connectivity index (χ3n) is 4.75. The molecule has 1 heterocycles. The fourth-order valence-corrected chi connectivity index (χ4v) is 4.16. The van der Waals surface area contributed by atoms with Crippen LogP contribution >= 0.6 is 11.6 Å². The number of aromatic nitrogens is 2. The molecule has 0 N–H and O–H groups in total. The summed E-state index contributed by atoms with van der Waals surface area (Å²) >= 11 is 6.43. The van der Waals surface area contributed by atoms with E-state index in [1.54, 1.807) is 0 Å². The summed E-state index contributed by atoms with van der Waals surface area (Å²) in [7, 11) is 0. The highest BCUT2D eigenvalue weighted by molar-refractivity contribution is 6.20. The van der Waals surface area contributed by atoms with Gasteiger partial charge in [0.2, 0.25) is 0 Å². The van der Waals surface area contributed by atoms with Crippen LogP contribution in [0.15, 0.2) is 18.2 Å². The third kappa shape index (κ3) is 2.83. The summed E-state index contributed by atoms with van der Waals surface area (Å²) in [6, 6.07) is 7.05. The van der Waals surface area contributed by atoms with Gasteiger partial charge in [-0.2, -0.15) is 0 Å². The fourth-order valence-electron chi connectivity index (χ4n) is 4.00. The summed E-state index contributed by atoms with van der Waals surface area (Å²) in [5, 5.41) is -0.0507. The summed E-state index contributed by atoms with van der Waals surface area (Å²) in [4.78, 5) is 4.81. The van der Waals surface area contributed by atoms with Gasteiger partial charge in [0.15, 0.2) is 0 Å². The van der Waals surface area contributed by atoms with E-state index in [9.17, 15) is 0 Å². The van der Waals surface area contributed by atoms with Gasteiger partial charge in [0.05, 0.1) is 16.4 Å². The van der Waals surface area contributed by atoms with Gasteiger partial charge in [0.1, 0.15) is 5.82 Å². The average molecular weight is 305 g/mol. The van der Waals surface area contributed by atoms with Crippen LogP contribution in [0.25, 0.3) is 11.0 Å².